The van der Waals surface area contributed by atoms with Crippen molar-refractivity contribution in [1.82, 2.24) is 9.80 Å². The molecule has 0 saturated carbocycles. The lowest BCUT2D eigenvalue weighted by Gasteiger charge is -2.29. The van der Waals surface area contributed by atoms with Gasteiger partial charge in [0.15, 0.2) is 0 Å². The third kappa shape index (κ3) is 7.45. The molecule has 0 aliphatic heterocycles. The Morgan fingerprint density at radius 1 is 0.971 bits per heavy atom. The van der Waals surface area contributed by atoms with Crippen LogP contribution in [0.2, 0.25) is 0 Å². The van der Waals surface area contributed by atoms with E-state index in [1.807, 2.05) is 84.8 Å². The molecule has 1 aromatic heterocycles. The third-order valence-corrected chi connectivity index (χ3v) is 6.82. The van der Waals surface area contributed by atoms with Crippen LogP contribution < -0.4 is 5.32 Å². The lowest BCUT2D eigenvalue weighted by atomic mass is 10.1. The Morgan fingerprint density at radius 3 is 2.38 bits per heavy atom. The van der Waals surface area contributed by atoms with E-state index in [1.54, 1.807) is 16.2 Å². The van der Waals surface area contributed by atoms with Crippen LogP contribution in [0.3, 0.4) is 0 Å². The molecule has 1 heterocycles. The number of aryl methyl sites for hydroxylation is 2. The Bertz CT molecular complexity index is 1070. The van der Waals surface area contributed by atoms with E-state index in [-0.39, 0.29) is 24.4 Å². The van der Waals surface area contributed by atoms with Gasteiger partial charge in [-0.25, -0.2) is 4.79 Å². The zero-order valence-electron chi connectivity index (χ0n) is 20.6. The normalized spacial score (nSPS) is 11.6. The largest absolute Gasteiger partial charge is 0.332 e. The molecule has 34 heavy (non-hydrogen) atoms. The highest BCUT2D eigenvalue weighted by molar-refractivity contribution is 7.09. The number of hydrogen-bond acceptors (Lipinski definition) is 3. The summed E-state index contributed by atoms with van der Waals surface area (Å²) in [5, 5.41) is 5.05. The van der Waals surface area contributed by atoms with E-state index in [1.165, 1.54) is 0 Å². The molecular formula is C28H35N3O2S. The maximum absolute atomic E-state index is 13.5. The summed E-state index contributed by atoms with van der Waals surface area (Å²) in [5.41, 5.74) is 4.00. The van der Waals surface area contributed by atoms with Crippen molar-refractivity contribution in [3.63, 3.8) is 0 Å². The number of urea groups is 1. The first-order valence-corrected chi connectivity index (χ1v) is 12.7. The molecule has 3 aromatic rings. The number of anilines is 1. The SMILES string of the molecule is CCC(C)CN(CC(=O)N(Cc1ccccc1)Cc1cccs1)C(=O)Nc1ccc(C)cc1C. The maximum atomic E-state index is 13.5. The van der Waals surface area contributed by atoms with E-state index in [0.29, 0.717) is 19.6 Å². The molecule has 0 aliphatic rings. The number of nitrogens with zero attached hydrogens (tertiary/aromatic N) is 2. The second kappa shape index (κ2) is 12.4. The Labute approximate surface area is 207 Å². The van der Waals surface area contributed by atoms with Crippen LogP contribution in [0.25, 0.3) is 0 Å². The number of rotatable bonds is 10. The monoisotopic (exact) mass is 477 g/mol. The molecule has 0 saturated heterocycles. The van der Waals surface area contributed by atoms with Crippen molar-refractivity contribution in [1.29, 1.82) is 0 Å². The van der Waals surface area contributed by atoms with E-state index in [9.17, 15) is 9.59 Å². The van der Waals surface area contributed by atoms with Crippen LogP contribution in [-0.2, 0) is 17.9 Å². The first-order chi connectivity index (χ1) is 16.4. The van der Waals surface area contributed by atoms with Crippen LogP contribution >= 0.6 is 11.3 Å². The van der Waals surface area contributed by atoms with Crippen molar-refractivity contribution in [3.05, 3.63) is 87.6 Å². The summed E-state index contributed by atoms with van der Waals surface area (Å²) in [7, 11) is 0. The lowest BCUT2D eigenvalue weighted by molar-refractivity contribution is -0.133. The average Bonchev–Trinajstić information content (AvgIpc) is 3.33. The van der Waals surface area contributed by atoms with Gasteiger partial charge in [0.25, 0.3) is 0 Å². The lowest BCUT2D eigenvalue weighted by Crippen LogP contribution is -2.45. The summed E-state index contributed by atoms with van der Waals surface area (Å²) in [5.74, 6) is 0.230. The molecule has 3 amide bonds. The first kappa shape index (κ1) is 25.5. The fourth-order valence-electron chi connectivity index (χ4n) is 3.76. The molecule has 180 valence electrons. The van der Waals surface area contributed by atoms with Crippen molar-refractivity contribution in [2.45, 2.75) is 47.2 Å². The van der Waals surface area contributed by atoms with Gasteiger partial charge in [-0.05, 0) is 48.4 Å². The molecule has 0 spiro atoms. The molecule has 5 nitrogen and oxygen atoms in total. The minimum atomic E-state index is -0.239. The second-order valence-electron chi connectivity index (χ2n) is 8.96. The van der Waals surface area contributed by atoms with Gasteiger partial charge in [-0.15, -0.1) is 11.3 Å². The van der Waals surface area contributed by atoms with Gasteiger partial charge in [0.05, 0.1) is 6.54 Å². The molecule has 2 aromatic carbocycles. The Morgan fingerprint density at radius 2 is 1.74 bits per heavy atom. The number of nitrogens with one attached hydrogen (secondary N) is 1. The van der Waals surface area contributed by atoms with Crippen LogP contribution in [0.1, 0.15) is 41.8 Å². The van der Waals surface area contributed by atoms with E-state index >= 15 is 0 Å². The van der Waals surface area contributed by atoms with Gasteiger partial charge in [-0.1, -0.05) is 74.4 Å². The summed E-state index contributed by atoms with van der Waals surface area (Å²) in [6, 6.07) is 19.7. The highest BCUT2D eigenvalue weighted by Gasteiger charge is 2.24. The van der Waals surface area contributed by atoms with E-state index in [0.717, 1.165) is 33.7 Å². The smallest absolute Gasteiger partial charge is 0.322 e. The summed E-state index contributed by atoms with van der Waals surface area (Å²) in [6.45, 7) is 9.82. The van der Waals surface area contributed by atoms with Gasteiger partial charge in [0.2, 0.25) is 5.91 Å². The van der Waals surface area contributed by atoms with Crippen LogP contribution in [0, 0.1) is 19.8 Å². The fourth-order valence-corrected chi connectivity index (χ4v) is 4.48. The third-order valence-electron chi connectivity index (χ3n) is 5.96. The number of carbonyl (C=O) groups is 2. The summed E-state index contributed by atoms with van der Waals surface area (Å²) >= 11 is 1.64. The Hall–Kier alpha value is -3.12. The van der Waals surface area contributed by atoms with Gasteiger partial charge in [-0.2, -0.15) is 0 Å². The predicted octanol–water partition coefficient (Wildman–Crippen LogP) is 6.47. The molecule has 1 unspecified atom stereocenters. The zero-order valence-corrected chi connectivity index (χ0v) is 21.4. The summed E-state index contributed by atoms with van der Waals surface area (Å²) in [4.78, 5) is 31.4. The molecule has 1 N–H and O–H groups in total. The van der Waals surface area contributed by atoms with Crippen LogP contribution in [-0.4, -0.2) is 34.8 Å². The number of amides is 3. The standard InChI is InChI=1S/C28H35N3O2S/c1-5-21(2)17-31(28(33)29-26-14-13-22(3)16-23(26)4)20-27(32)30(19-25-12-9-15-34-25)18-24-10-7-6-8-11-24/h6-16,21H,5,17-20H2,1-4H3,(H,29,33). The van der Waals surface area contributed by atoms with Gasteiger partial charge >= 0.3 is 6.03 Å². The zero-order chi connectivity index (χ0) is 24.5. The molecule has 0 fully saturated rings. The minimum absolute atomic E-state index is 0.0410. The molecule has 6 heteroatoms. The molecular weight excluding hydrogens is 442 g/mol. The van der Waals surface area contributed by atoms with Crippen molar-refractivity contribution in [2.24, 2.45) is 5.92 Å². The molecule has 0 radical (unpaired) electrons. The number of thiophene rings is 1. The predicted molar refractivity (Wildman–Crippen MR) is 141 cm³/mol. The summed E-state index contributed by atoms with van der Waals surface area (Å²) in [6.07, 6.45) is 0.935. The van der Waals surface area contributed by atoms with Crippen molar-refractivity contribution < 1.29 is 9.59 Å². The van der Waals surface area contributed by atoms with E-state index in [4.69, 9.17) is 0 Å². The highest BCUT2D eigenvalue weighted by atomic mass is 32.1. The first-order valence-electron chi connectivity index (χ1n) is 11.8. The van der Waals surface area contributed by atoms with Crippen LogP contribution in [0.15, 0.2) is 66.0 Å². The molecule has 0 aliphatic carbocycles. The average molecular weight is 478 g/mol. The molecule has 1 atom stereocenters. The topological polar surface area (TPSA) is 52.7 Å². The van der Waals surface area contributed by atoms with Gasteiger partial charge in [0, 0.05) is 23.7 Å². The Kier molecular flexibility index (Phi) is 9.28. The quantitative estimate of drug-likeness (QED) is 0.364. The fraction of sp³-hybridized carbons (Fsp3) is 0.357. The Balaban J connectivity index is 1.78. The van der Waals surface area contributed by atoms with Gasteiger partial charge in [-0.3, -0.25) is 4.79 Å². The second-order valence-corrected chi connectivity index (χ2v) is 9.99. The number of carbonyl (C=O) groups excluding carboxylic acids is 2. The van der Waals surface area contributed by atoms with Crippen molar-refractivity contribution in [2.75, 3.05) is 18.4 Å². The maximum Gasteiger partial charge on any atom is 0.322 e. The summed E-state index contributed by atoms with van der Waals surface area (Å²) < 4.78 is 0. The van der Waals surface area contributed by atoms with Crippen molar-refractivity contribution in [3.8, 4) is 0 Å². The van der Waals surface area contributed by atoms with E-state index < -0.39 is 0 Å². The molecule has 3 rings (SSSR count). The molecule has 0 bridgehead atoms. The van der Waals surface area contributed by atoms with E-state index in [2.05, 4.69) is 19.2 Å². The highest BCUT2D eigenvalue weighted by Crippen LogP contribution is 2.19. The number of benzene rings is 2. The van der Waals surface area contributed by atoms with Gasteiger partial charge < -0.3 is 15.1 Å². The number of hydrogen-bond donors (Lipinski definition) is 1. The van der Waals surface area contributed by atoms with Crippen LogP contribution in [0.4, 0.5) is 10.5 Å². The van der Waals surface area contributed by atoms with Crippen LogP contribution in [0.5, 0.6) is 0 Å². The minimum Gasteiger partial charge on any atom is -0.332 e. The van der Waals surface area contributed by atoms with Gasteiger partial charge in [0.1, 0.15) is 6.54 Å². The van der Waals surface area contributed by atoms with Crippen molar-refractivity contribution >= 4 is 29.0 Å².